The summed E-state index contributed by atoms with van der Waals surface area (Å²) in [5.74, 6) is -0.202. The first kappa shape index (κ1) is 15.7. The van der Waals surface area contributed by atoms with Gasteiger partial charge in [-0.2, -0.15) is 0 Å². The Morgan fingerprint density at radius 3 is 2.67 bits per heavy atom. The average Bonchev–Trinajstić information content (AvgIpc) is 2.66. The van der Waals surface area contributed by atoms with Gasteiger partial charge in [0.2, 0.25) is 0 Å². The number of hydrogen-bond donors (Lipinski definition) is 1. The fourth-order valence-electron chi connectivity index (χ4n) is 1.52. The fourth-order valence-corrected chi connectivity index (χ4v) is 3.13. The highest BCUT2D eigenvalue weighted by atomic mass is 79.9. The second-order valence-corrected chi connectivity index (χ2v) is 6.36. The Bertz CT molecular complexity index is 386. The minimum atomic E-state index is -0.366. The fraction of sp³-hybridized carbons (Fsp3) is 0.615. The van der Waals surface area contributed by atoms with E-state index in [2.05, 4.69) is 35.1 Å². The Morgan fingerprint density at radius 2 is 2.22 bits per heavy atom. The quantitative estimate of drug-likeness (QED) is 0.804. The third-order valence-corrected chi connectivity index (χ3v) is 4.95. The number of nitrogens with one attached hydrogen (secondary N) is 1. The highest BCUT2D eigenvalue weighted by Gasteiger charge is 2.25. The van der Waals surface area contributed by atoms with Gasteiger partial charge in [0, 0.05) is 20.3 Å². The molecule has 1 rings (SSSR count). The lowest BCUT2D eigenvalue weighted by Gasteiger charge is -2.20. The molecule has 0 spiro atoms. The van der Waals surface area contributed by atoms with Crippen LogP contribution in [0.2, 0.25) is 0 Å². The molecule has 0 aliphatic heterocycles. The van der Waals surface area contributed by atoms with E-state index in [0.29, 0.717) is 6.61 Å². The maximum absolute atomic E-state index is 12.0. The highest BCUT2D eigenvalue weighted by Crippen LogP contribution is 2.31. The summed E-state index contributed by atoms with van der Waals surface area (Å²) < 4.78 is 6.19. The zero-order chi connectivity index (χ0) is 13.7. The Hall–Kier alpha value is -0.390. The number of hydrogen-bond acceptors (Lipinski definition) is 4. The lowest BCUT2D eigenvalue weighted by atomic mass is 10.2. The monoisotopic (exact) mass is 333 g/mol. The molecule has 0 saturated heterocycles. The molecule has 0 aromatic carbocycles. The van der Waals surface area contributed by atoms with Gasteiger partial charge in [-0.15, -0.1) is 11.3 Å². The zero-order valence-electron chi connectivity index (χ0n) is 11.2. The molecule has 0 aliphatic carbocycles. The molecule has 0 saturated carbocycles. The standard InChI is InChI=1S/C13H20BrNO2S/c1-5-8(3)15-12(13(16)17-6-2)11-7-10(14)9(4)18-11/h7-8,12,15H,5-6H2,1-4H3. The van der Waals surface area contributed by atoms with Gasteiger partial charge in [0.15, 0.2) is 0 Å². The summed E-state index contributed by atoms with van der Waals surface area (Å²) in [6, 6.07) is 1.91. The van der Waals surface area contributed by atoms with E-state index in [1.165, 1.54) is 4.88 Å². The minimum Gasteiger partial charge on any atom is -0.465 e. The number of thiophene rings is 1. The first-order valence-electron chi connectivity index (χ1n) is 6.18. The molecule has 0 aliphatic rings. The summed E-state index contributed by atoms with van der Waals surface area (Å²) in [5, 5.41) is 3.32. The molecule has 0 fully saturated rings. The van der Waals surface area contributed by atoms with E-state index in [1.54, 1.807) is 11.3 Å². The molecule has 3 nitrogen and oxygen atoms in total. The summed E-state index contributed by atoms with van der Waals surface area (Å²) >= 11 is 5.11. The Balaban J connectivity index is 2.92. The second-order valence-electron chi connectivity index (χ2n) is 4.21. The van der Waals surface area contributed by atoms with E-state index in [1.807, 2.05) is 19.9 Å². The van der Waals surface area contributed by atoms with Crippen LogP contribution in [0, 0.1) is 6.92 Å². The number of esters is 1. The molecule has 18 heavy (non-hydrogen) atoms. The highest BCUT2D eigenvalue weighted by molar-refractivity contribution is 9.10. The molecule has 1 aromatic heterocycles. The van der Waals surface area contributed by atoms with Gasteiger partial charge in [-0.1, -0.05) is 6.92 Å². The van der Waals surface area contributed by atoms with Crippen molar-refractivity contribution in [2.24, 2.45) is 0 Å². The Kier molecular flexibility index (Phi) is 6.32. The molecule has 0 radical (unpaired) electrons. The summed E-state index contributed by atoms with van der Waals surface area (Å²) in [6.07, 6.45) is 0.974. The van der Waals surface area contributed by atoms with Crippen LogP contribution in [-0.2, 0) is 9.53 Å². The van der Waals surface area contributed by atoms with Crippen LogP contribution in [0.3, 0.4) is 0 Å². The summed E-state index contributed by atoms with van der Waals surface area (Å²) in [6.45, 7) is 8.43. The number of rotatable bonds is 6. The van der Waals surface area contributed by atoms with Crippen LogP contribution >= 0.6 is 27.3 Å². The second kappa shape index (κ2) is 7.26. The van der Waals surface area contributed by atoms with Crippen molar-refractivity contribution >= 4 is 33.2 Å². The number of ether oxygens (including phenoxy) is 1. The molecule has 1 N–H and O–H groups in total. The van der Waals surface area contributed by atoms with Crippen LogP contribution < -0.4 is 5.32 Å². The molecule has 2 atom stereocenters. The minimum absolute atomic E-state index is 0.202. The van der Waals surface area contributed by atoms with Gasteiger partial charge in [-0.05, 0) is 49.2 Å². The average molecular weight is 334 g/mol. The van der Waals surface area contributed by atoms with E-state index < -0.39 is 0 Å². The normalized spacial score (nSPS) is 14.3. The Labute approximate surface area is 121 Å². The first-order valence-corrected chi connectivity index (χ1v) is 7.79. The van der Waals surface area contributed by atoms with Crippen LogP contribution in [0.4, 0.5) is 0 Å². The van der Waals surface area contributed by atoms with Crippen molar-refractivity contribution in [3.05, 3.63) is 20.3 Å². The number of aryl methyl sites for hydroxylation is 1. The van der Waals surface area contributed by atoms with E-state index in [9.17, 15) is 4.79 Å². The summed E-state index contributed by atoms with van der Waals surface area (Å²) in [7, 11) is 0. The van der Waals surface area contributed by atoms with E-state index in [4.69, 9.17) is 4.74 Å². The number of carbonyl (C=O) groups excluding carboxylic acids is 1. The van der Waals surface area contributed by atoms with Gasteiger partial charge in [-0.3, -0.25) is 5.32 Å². The van der Waals surface area contributed by atoms with Crippen molar-refractivity contribution < 1.29 is 9.53 Å². The van der Waals surface area contributed by atoms with E-state index in [0.717, 1.165) is 15.8 Å². The van der Waals surface area contributed by atoms with Crippen molar-refractivity contribution in [3.8, 4) is 0 Å². The van der Waals surface area contributed by atoms with Crippen molar-refractivity contribution in [2.45, 2.75) is 46.2 Å². The number of carbonyl (C=O) groups is 1. The lowest BCUT2D eigenvalue weighted by Crippen LogP contribution is -2.35. The van der Waals surface area contributed by atoms with Gasteiger partial charge in [0.05, 0.1) is 6.61 Å². The van der Waals surface area contributed by atoms with Crippen LogP contribution in [-0.4, -0.2) is 18.6 Å². The lowest BCUT2D eigenvalue weighted by molar-refractivity contribution is -0.146. The molecule has 2 unspecified atom stereocenters. The smallest absolute Gasteiger partial charge is 0.328 e. The molecule has 1 heterocycles. The van der Waals surface area contributed by atoms with Crippen LogP contribution in [0.25, 0.3) is 0 Å². The van der Waals surface area contributed by atoms with Crippen molar-refractivity contribution in [1.82, 2.24) is 5.32 Å². The van der Waals surface area contributed by atoms with Crippen LogP contribution in [0.1, 0.15) is 43.0 Å². The van der Waals surface area contributed by atoms with Crippen LogP contribution in [0.5, 0.6) is 0 Å². The van der Waals surface area contributed by atoms with E-state index in [-0.39, 0.29) is 18.1 Å². The van der Waals surface area contributed by atoms with Gasteiger partial charge in [0.25, 0.3) is 0 Å². The summed E-state index contributed by atoms with van der Waals surface area (Å²) in [5.41, 5.74) is 0. The van der Waals surface area contributed by atoms with Gasteiger partial charge < -0.3 is 4.74 Å². The summed E-state index contributed by atoms with van der Waals surface area (Å²) in [4.78, 5) is 14.2. The van der Waals surface area contributed by atoms with Gasteiger partial charge >= 0.3 is 5.97 Å². The van der Waals surface area contributed by atoms with Crippen molar-refractivity contribution in [1.29, 1.82) is 0 Å². The molecular formula is C13H20BrNO2S. The number of halogens is 1. The maximum Gasteiger partial charge on any atom is 0.328 e. The van der Waals surface area contributed by atoms with Crippen LogP contribution in [0.15, 0.2) is 10.5 Å². The molecule has 5 heteroatoms. The largest absolute Gasteiger partial charge is 0.465 e. The van der Waals surface area contributed by atoms with Crippen molar-refractivity contribution in [2.75, 3.05) is 6.61 Å². The first-order chi connectivity index (χ1) is 8.49. The van der Waals surface area contributed by atoms with E-state index >= 15 is 0 Å². The van der Waals surface area contributed by atoms with Gasteiger partial charge in [0.1, 0.15) is 6.04 Å². The molecule has 1 aromatic rings. The SMILES string of the molecule is CCOC(=O)C(NC(C)CC)c1cc(Br)c(C)s1. The third-order valence-electron chi connectivity index (χ3n) is 2.75. The van der Waals surface area contributed by atoms with Gasteiger partial charge in [-0.25, -0.2) is 4.79 Å². The predicted octanol–water partition coefficient (Wildman–Crippen LogP) is 3.81. The molecule has 102 valence electrons. The zero-order valence-corrected chi connectivity index (χ0v) is 13.7. The maximum atomic E-state index is 12.0. The molecule has 0 bridgehead atoms. The predicted molar refractivity (Wildman–Crippen MR) is 79.0 cm³/mol. The Morgan fingerprint density at radius 1 is 1.56 bits per heavy atom. The third kappa shape index (κ3) is 4.07. The molecule has 0 amide bonds. The molecular weight excluding hydrogens is 314 g/mol. The topological polar surface area (TPSA) is 38.3 Å². The van der Waals surface area contributed by atoms with Crippen molar-refractivity contribution in [3.63, 3.8) is 0 Å².